The molecule has 1 aliphatic heterocycles. The minimum absolute atomic E-state index is 0. The first kappa shape index (κ1) is 34.6. The van der Waals surface area contributed by atoms with E-state index in [1.54, 1.807) is 29.2 Å². The standard InChI is InChI=1S/C33H42N6O4.ClH/c1-38-32(41)30(25-14-16-28(17-15-25)43-22-8-6-4-2-3-5-7-9-29(40)37-42)31(26-12-10-24(23-34)11-13-26)36-33(38)39-20-18-27(35)19-21-39;/h10-17,27,42H,2-9,18-22,35H2,1H3,(H,37,40);1H. The molecule has 0 unspecified atom stereocenters. The van der Waals surface area contributed by atoms with E-state index in [-0.39, 0.29) is 29.9 Å². The fraction of sp³-hybridized carbons (Fsp3) is 0.455. The van der Waals surface area contributed by atoms with Gasteiger partial charge >= 0.3 is 0 Å². The van der Waals surface area contributed by atoms with Gasteiger partial charge in [0.1, 0.15) is 5.75 Å². The number of amides is 1. The number of ether oxygens (including phenoxy) is 1. The molecule has 0 atom stereocenters. The van der Waals surface area contributed by atoms with E-state index in [1.165, 1.54) is 0 Å². The lowest BCUT2D eigenvalue weighted by Gasteiger charge is -2.32. The van der Waals surface area contributed by atoms with E-state index in [1.807, 2.05) is 36.4 Å². The van der Waals surface area contributed by atoms with Crippen molar-refractivity contribution in [3.63, 3.8) is 0 Å². The third-order valence-electron chi connectivity index (χ3n) is 7.96. The quantitative estimate of drug-likeness (QED) is 0.124. The number of hydrogen-bond acceptors (Lipinski definition) is 8. The minimum Gasteiger partial charge on any atom is -0.494 e. The molecule has 4 N–H and O–H groups in total. The maximum atomic E-state index is 13.9. The molecule has 1 aliphatic rings. The zero-order valence-electron chi connectivity index (χ0n) is 25.3. The Balaban J connectivity index is 0.00000529. The van der Waals surface area contributed by atoms with Crippen molar-refractivity contribution in [2.24, 2.45) is 12.8 Å². The Bertz CT molecular complexity index is 1450. The summed E-state index contributed by atoms with van der Waals surface area (Å²) in [7, 11) is 1.76. The van der Waals surface area contributed by atoms with E-state index in [9.17, 15) is 14.9 Å². The number of anilines is 1. The van der Waals surface area contributed by atoms with Crippen LogP contribution in [0.25, 0.3) is 22.4 Å². The van der Waals surface area contributed by atoms with Crippen LogP contribution in [0.2, 0.25) is 0 Å². The second-order valence-corrected chi connectivity index (χ2v) is 11.1. The molecule has 1 fully saturated rings. The summed E-state index contributed by atoms with van der Waals surface area (Å²) in [6.07, 6.45) is 9.16. The highest BCUT2D eigenvalue weighted by atomic mass is 35.5. The SMILES string of the molecule is Cl.Cn1c(N2CCC(N)CC2)nc(-c2ccc(C#N)cc2)c(-c2ccc(OCCCCCCCCCC(=O)NO)cc2)c1=O. The zero-order valence-corrected chi connectivity index (χ0v) is 26.2. The topological polar surface area (TPSA) is 146 Å². The van der Waals surface area contributed by atoms with Gasteiger partial charge in [-0.05, 0) is 55.5 Å². The minimum atomic E-state index is -0.326. The number of carbonyl (C=O) groups excluding carboxylic acids is 1. The zero-order chi connectivity index (χ0) is 30.6. The highest BCUT2D eigenvalue weighted by Gasteiger charge is 2.24. The van der Waals surface area contributed by atoms with Crippen molar-refractivity contribution in [1.29, 1.82) is 5.26 Å². The summed E-state index contributed by atoms with van der Waals surface area (Å²) < 4.78 is 7.59. The molecule has 4 rings (SSSR count). The highest BCUT2D eigenvalue weighted by molar-refractivity contribution is 5.85. The first-order chi connectivity index (χ1) is 20.9. The lowest BCUT2D eigenvalue weighted by Crippen LogP contribution is -2.42. The van der Waals surface area contributed by atoms with Gasteiger partial charge in [0.25, 0.3) is 5.56 Å². The second-order valence-electron chi connectivity index (χ2n) is 11.1. The molecule has 1 saturated heterocycles. The van der Waals surface area contributed by atoms with E-state index in [0.717, 1.165) is 87.8 Å². The molecule has 1 amide bonds. The number of rotatable bonds is 14. The molecule has 0 radical (unpaired) electrons. The van der Waals surface area contributed by atoms with Crippen LogP contribution in [0.3, 0.4) is 0 Å². The van der Waals surface area contributed by atoms with Gasteiger partial charge in [0.2, 0.25) is 11.9 Å². The number of halogens is 1. The Morgan fingerprint density at radius 2 is 1.59 bits per heavy atom. The van der Waals surface area contributed by atoms with E-state index in [4.69, 9.17) is 20.7 Å². The molecule has 1 aromatic heterocycles. The van der Waals surface area contributed by atoms with Crippen LogP contribution in [0.15, 0.2) is 53.3 Å². The maximum absolute atomic E-state index is 13.9. The number of carbonyl (C=O) groups is 1. The average Bonchev–Trinajstić information content (AvgIpc) is 3.04. The van der Waals surface area contributed by atoms with Crippen LogP contribution in [0.1, 0.15) is 69.8 Å². The Kier molecular flexibility index (Phi) is 13.7. The maximum Gasteiger partial charge on any atom is 0.263 e. The molecule has 2 heterocycles. The lowest BCUT2D eigenvalue weighted by atomic mass is 9.99. The third kappa shape index (κ3) is 9.29. The number of piperidine rings is 1. The normalized spacial score (nSPS) is 13.2. The predicted octanol–water partition coefficient (Wildman–Crippen LogP) is 5.34. The van der Waals surface area contributed by atoms with Gasteiger partial charge in [-0.3, -0.25) is 19.4 Å². The van der Waals surface area contributed by atoms with Crippen molar-refractivity contribution in [2.75, 3.05) is 24.6 Å². The van der Waals surface area contributed by atoms with Gasteiger partial charge in [-0.1, -0.05) is 56.4 Å². The molecule has 0 aliphatic carbocycles. The molecule has 10 nitrogen and oxygen atoms in total. The van der Waals surface area contributed by atoms with Crippen LogP contribution in [0.5, 0.6) is 5.75 Å². The number of nitrogens with zero attached hydrogens (tertiary/aromatic N) is 4. The number of hydroxylamine groups is 1. The van der Waals surface area contributed by atoms with Crippen LogP contribution < -0.4 is 26.4 Å². The summed E-state index contributed by atoms with van der Waals surface area (Å²) in [5, 5.41) is 17.8. The van der Waals surface area contributed by atoms with Crippen LogP contribution in [-0.2, 0) is 11.8 Å². The van der Waals surface area contributed by atoms with Crippen molar-refractivity contribution in [3.8, 4) is 34.2 Å². The van der Waals surface area contributed by atoms with E-state index in [0.29, 0.717) is 35.8 Å². The molecule has 3 aromatic rings. The molecule has 0 saturated carbocycles. The van der Waals surface area contributed by atoms with Crippen molar-refractivity contribution in [3.05, 3.63) is 64.4 Å². The summed E-state index contributed by atoms with van der Waals surface area (Å²) in [5.41, 5.74) is 10.8. The third-order valence-corrected chi connectivity index (χ3v) is 7.96. The van der Waals surface area contributed by atoms with Crippen LogP contribution >= 0.6 is 12.4 Å². The first-order valence-corrected chi connectivity index (χ1v) is 15.2. The summed E-state index contributed by atoms with van der Waals surface area (Å²) in [6, 6.07) is 17.1. The number of benzene rings is 2. The van der Waals surface area contributed by atoms with Crippen molar-refractivity contribution < 1.29 is 14.7 Å². The average molecular weight is 623 g/mol. The number of hydrogen-bond donors (Lipinski definition) is 3. The Labute approximate surface area is 265 Å². The van der Waals surface area contributed by atoms with Crippen molar-refractivity contribution in [1.82, 2.24) is 15.0 Å². The Morgan fingerprint density at radius 3 is 2.20 bits per heavy atom. The smallest absolute Gasteiger partial charge is 0.263 e. The van der Waals surface area contributed by atoms with Crippen LogP contribution in [0, 0.1) is 11.3 Å². The number of nitrogens with one attached hydrogen (secondary N) is 1. The Morgan fingerprint density at radius 1 is 1.00 bits per heavy atom. The van der Waals surface area contributed by atoms with E-state index in [2.05, 4.69) is 11.0 Å². The molecule has 11 heteroatoms. The summed E-state index contributed by atoms with van der Waals surface area (Å²) in [6.45, 7) is 2.10. The van der Waals surface area contributed by atoms with Crippen LogP contribution in [0.4, 0.5) is 5.95 Å². The number of nitrogens with two attached hydrogens (primary N) is 1. The number of nitriles is 1. The molecule has 0 spiro atoms. The van der Waals surface area contributed by atoms with Gasteiger partial charge < -0.3 is 15.4 Å². The first-order valence-electron chi connectivity index (χ1n) is 15.2. The summed E-state index contributed by atoms with van der Waals surface area (Å²) in [5.74, 6) is 1.04. The summed E-state index contributed by atoms with van der Waals surface area (Å²) in [4.78, 5) is 32.0. The van der Waals surface area contributed by atoms with Gasteiger partial charge in [-0.25, -0.2) is 10.5 Å². The molecule has 2 aromatic carbocycles. The summed E-state index contributed by atoms with van der Waals surface area (Å²) >= 11 is 0. The fourth-order valence-electron chi connectivity index (χ4n) is 5.38. The van der Waals surface area contributed by atoms with Gasteiger partial charge in [-0.2, -0.15) is 5.26 Å². The van der Waals surface area contributed by atoms with Gasteiger partial charge in [-0.15, -0.1) is 12.4 Å². The van der Waals surface area contributed by atoms with E-state index >= 15 is 0 Å². The largest absolute Gasteiger partial charge is 0.494 e. The predicted molar refractivity (Wildman–Crippen MR) is 174 cm³/mol. The van der Waals surface area contributed by atoms with Crippen molar-refractivity contribution in [2.45, 2.75) is 70.3 Å². The molecule has 44 heavy (non-hydrogen) atoms. The van der Waals surface area contributed by atoms with Gasteiger partial charge in [0.05, 0.1) is 29.5 Å². The monoisotopic (exact) mass is 622 g/mol. The Hall–Kier alpha value is -3.91. The fourth-order valence-corrected chi connectivity index (χ4v) is 5.38. The molecule has 236 valence electrons. The molecular formula is C33H43ClN6O4. The highest BCUT2D eigenvalue weighted by Crippen LogP contribution is 2.31. The van der Waals surface area contributed by atoms with Gasteiger partial charge in [0.15, 0.2) is 0 Å². The van der Waals surface area contributed by atoms with Crippen LogP contribution in [-0.4, -0.2) is 46.4 Å². The number of unbranched alkanes of at least 4 members (excludes halogenated alkanes) is 6. The van der Waals surface area contributed by atoms with Gasteiger partial charge in [0, 0.05) is 38.2 Å². The second kappa shape index (κ2) is 17.4. The van der Waals surface area contributed by atoms with Crippen molar-refractivity contribution >= 4 is 24.3 Å². The van der Waals surface area contributed by atoms with E-state index < -0.39 is 0 Å². The number of aromatic nitrogens is 2. The molecular weight excluding hydrogens is 580 g/mol. The lowest BCUT2D eigenvalue weighted by molar-refractivity contribution is -0.129. The molecule has 0 bridgehead atoms.